The quantitative estimate of drug-likeness (QED) is 0.121. The van der Waals surface area contributed by atoms with E-state index in [1.165, 1.54) is 9.58 Å². The van der Waals surface area contributed by atoms with Crippen LogP contribution >= 0.6 is 0 Å². The maximum atomic E-state index is 13.9. The molecule has 0 aliphatic carbocycles. The molecule has 1 aliphatic rings. The number of pyridine rings is 1. The van der Waals surface area contributed by atoms with Crippen LogP contribution in [0.5, 0.6) is 0 Å². The molecule has 4 N–H and O–H groups in total. The molecule has 0 unspecified atom stereocenters. The van der Waals surface area contributed by atoms with Gasteiger partial charge < -0.3 is 5.73 Å². The van der Waals surface area contributed by atoms with E-state index in [1.54, 1.807) is 73.7 Å². The number of amides is 1. The van der Waals surface area contributed by atoms with Crippen molar-refractivity contribution in [3.05, 3.63) is 140 Å². The van der Waals surface area contributed by atoms with Gasteiger partial charge in [0.05, 0.1) is 16.9 Å². The maximum absolute atomic E-state index is 13.9. The molecule has 0 fully saturated rings. The lowest BCUT2D eigenvalue weighted by Gasteiger charge is -2.12. The molecule has 0 bridgehead atoms. The lowest BCUT2D eigenvalue weighted by Crippen LogP contribution is -2.45. The summed E-state index contributed by atoms with van der Waals surface area (Å²) < 4.78 is 1.40. The van der Waals surface area contributed by atoms with Gasteiger partial charge in [-0.2, -0.15) is 5.01 Å². The first-order valence-electron chi connectivity index (χ1n) is 13.0. The minimum Gasteiger partial charge on any atom is -0.399 e. The smallest absolute Gasteiger partial charge is 0.282 e. The van der Waals surface area contributed by atoms with Gasteiger partial charge in [0.1, 0.15) is 13.2 Å². The fourth-order valence-electron chi connectivity index (χ4n) is 4.61. The highest BCUT2D eigenvalue weighted by Crippen LogP contribution is 2.22. The molecule has 2 heterocycles. The third-order valence-electron chi connectivity index (χ3n) is 6.80. The Balaban J connectivity index is 1.61. The lowest BCUT2D eigenvalue weighted by molar-refractivity contribution is -0.253. The van der Waals surface area contributed by atoms with Gasteiger partial charge in [0, 0.05) is 10.9 Å². The molecular formula is C32H28N4O6. The number of aromatic nitrogens is 1. The Bertz CT molecular complexity index is 1840. The highest BCUT2D eigenvalue weighted by molar-refractivity contribution is 6.08. The number of allylic oxidation sites excluding steroid dienone is 3. The predicted octanol–water partition coefficient (Wildman–Crippen LogP) is 3.95. The summed E-state index contributed by atoms with van der Waals surface area (Å²) in [5, 5.41) is 23.7. The van der Waals surface area contributed by atoms with Crippen molar-refractivity contribution in [3.8, 4) is 5.69 Å². The van der Waals surface area contributed by atoms with Gasteiger partial charge in [-0.1, -0.05) is 60.7 Å². The zero-order valence-corrected chi connectivity index (χ0v) is 22.7. The minimum absolute atomic E-state index is 0.00341. The second-order valence-electron chi connectivity index (χ2n) is 9.55. The molecule has 3 aromatic carbocycles. The number of carbonyl (C=O) groups is 1. The number of hydrogen-bond acceptors (Lipinski definition) is 8. The second kappa shape index (κ2) is 12.6. The maximum Gasteiger partial charge on any atom is 0.282 e. The van der Waals surface area contributed by atoms with Crippen LogP contribution in [0.25, 0.3) is 17.8 Å². The van der Waals surface area contributed by atoms with Crippen LogP contribution in [-0.2, 0) is 23.0 Å². The van der Waals surface area contributed by atoms with Crippen molar-refractivity contribution in [2.45, 2.75) is 20.1 Å². The minimum atomic E-state index is -0.380. The van der Waals surface area contributed by atoms with Crippen LogP contribution in [-0.4, -0.2) is 21.0 Å². The van der Waals surface area contributed by atoms with Crippen LogP contribution in [0.4, 0.5) is 11.4 Å². The summed E-state index contributed by atoms with van der Waals surface area (Å²) in [7, 11) is 0. The van der Waals surface area contributed by atoms with Crippen molar-refractivity contribution in [1.82, 2.24) is 4.57 Å². The zero-order valence-electron chi connectivity index (χ0n) is 22.7. The van der Waals surface area contributed by atoms with Gasteiger partial charge in [-0.15, -0.1) is 5.10 Å². The van der Waals surface area contributed by atoms with Crippen molar-refractivity contribution in [2.75, 3.05) is 10.7 Å². The van der Waals surface area contributed by atoms with Crippen molar-refractivity contribution in [2.24, 2.45) is 5.10 Å². The molecule has 4 aromatic rings. The largest absolute Gasteiger partial charge is 0.399 e. The molecule has 0 atom stereocenters. The summed E-state index contributed by atoms with van der Waals surface area (Å²) in [6, 6.07) is 21.1. The van der Waals surface area contributed by atoms with E-state index in [4.69, 9.17) is 16.2 Å². The molecule has 1 amide bonds. The van der Waals surface area contributed by atoms with E-state index in [1.807, 2.05) is 36.4 Å². The molecule has 0 saturated carbocycles. The third kappa shape index (κ3) is 5.82. The average molecular weight is 565 g/mol. The van der Waals surface area contributed by atoms with Crippen LogP contribution in [0, 0.1) is 6.92 Å². The van der Waals surface area contributed by atoms with Gasteiger partial charge >= 0.3 is 0 Å². The van der Waals surface area contributed by atoms with Crippen LogP contribution in [0.2, 0.25) is 0 Å². The van der Waals surface area contributed by atoms with E-state index in [-0.39, 0.29) is 30.2 Å². The standard InChI is InChI=1S/C32H28N4O6/c1-21-28(6-4-2-3-5-22-7-13-25(33)14-8-22)31(37)35(26-15-9-23(10-16-26)19-41-39)30-29(21)32(38)36(34-30)27-17-11-24(12-18-27)20-42-40/h2-18,39-40H,19-20,33H2,1H3/b4-2+,5-3+,28-6+. The first kappa shape index (κ1) is 28.4. The van der Waals surface area contributed by atoms with Gasteiger partial charge in [-0.3, -0.25) is 24.7 Å². The number of anilines is 2. The molecule has 1 aliphatic heterocycles. The predicted molar refractivity (Wildman–Crippen MR) is 159 cm³/mol. The van der Waals surface area contributed by atoms with Crippen LogP contribution in [0.1, 0.15) is 32.6 Å². The number of nitrogens with zero attached hydrogens (tertiary/aromatic N) is 3. The lowest BCUT2D eigenvalue weighted by atomic mass is 10.1. The normalized spacial score (nSPS) is 13.4. The number of nitrogen functional groups attached to an aromatic ring is 1. The highest BCUT2D eigenvalue weighted by atomic mass is 17.1. The number of hydrogen-bond donors (Lipinski definition) is 3. The van der Waals surface area contributed by atoms with Gasteiger partial charge in [-0.05, 0) is 71.7 Å². The van der Waals surface area contributed by atoms with E-state index in [2.05, 4.69) is 14.9 Å². The Morgan fingerprint density at radius 2 is 1.40 bits per heavy atom. The molecule has 10 nitrogen and oxygen atoms in total. The van der Waals surface area contributed by atoms with E-state index in [0.717, 1.165) is 5.56 Å². The number of benzene rings is 3. The topological polar surface area (TPSA) is 140 Å². The first-order valence-corrected chi connectivity index (χ1v) is 13.0. The Labute approximate surface area is 240 Å². The molecule has 1 aromatic heterocycles. The molecule has 5 rings (SSSR count). The molecular weight excluding hydrogens is 536 g/mol. The van der Waals surface area contributed by atoms with Crippen LogP contribution in [0.3, 0.4) is 0 Å². The molecule has 0 saturated heterocycles. The zero-order chi connectivity index (χ0) is 29.6. The van der Waals surface area contributed by atoms with E-state index < -0.39 is 0 Å². The fraction of sp³-hybridized carbons (Fsp3) is 0.0938. The number of rotatable bonds is 9. The summed E-state index contributed by atoms with van der Waals surface area (Å²) in [6.07, 6.45) is 8.97. The van der Waals surface area contributed by atoms with Crippen molar-refractivity contribution >= 4 is 29.4 Å². The molecule has 10 heteroatoms. The van der Waals surface area contributed by atoms with Crippen molar-refractivity contribution in [1.29, 1.82) is 0 Å². The van der Waals surface area contributed by atoms with Gasteiger partial charge in [0.15, 0.2) is 5.49 Å². The van der Waals surface area contributed by atoms with Crippen LogP contribution in [0.15, 0.2) is 101 Å². The monoisotopic (exact) mass is 564 g/mol. The van der Waals surface area contributed by atoms with Crippen LogP contribution < -0.4 is 27.0 Å². The molecule has 0 radical (unpaired) electrons. The van der Waals surface area contributed by atoms with E-state index >= 15 is 0 Å². The first-order chi connectivity index (χ1) is 20.4. The van der Waals surface area contributed by atoms with Gasteiger partial charge in [0.2, 0.25) is 0 Å². The second-order valence-corrected chi connectivity index (χ2v) is 9.55. The van der Waals surface area contributed by atoms with Crippen molar-refractivity contribution in [3.63, 3.8) is 0 Å². The highest BCUT2D eigenvalue weighted by Gasteiger charge is 2.30. The Morgan fingerprint density at radius 3 is 2.00 bits per heavy atom. The third-order valence-corrected chi connectivity index (χ3v) is 6.80. The molecule has 0 spiro atoms. The SMILES string of the molecule is Cc1c2c(n(-c3ccc(COO)cc3)c(=O)/c1=C/C=C/C=C/c1ccc(N)cc1)=NN(c1ccc(COO)cc1)C2=O. The van der Waals surface area contributed by atoms with E-state index in [0.29, 0.717) is 44.5 Å². The summed E-state index contributed by atoms with van der Waals surface area (Å²) in [6.45, 7) is 1.72. The Hall–Kier alpha value is -5.13. The van der Waals surface area contributed by atoms with Gasteiger partial charge in [-0.25, -0.2) is 9.78 Å². The Kier molecular flexibility index (Phi) is 8.51. The number of fused-ring (bicyclic) bond motifs is 1. The summed E-state index contributed by atoms with van der Waals surface area (Å²) in [5.41, 5.74) is 10.5. The van der Waals surface area contributed by atoms with Gasteiger partial charge in [0.25, 0.3) is 11.5 Å². The number of carbonyl (C=O) groups excluding carboxylic acids is 1. The summed E-state index contributed by atoms with van der Waals surface area (Å²) in [5.74, 6) is -0.380. The summed E-state index contributed by atoms with van der Waals surface area (Å²) in [4.78, 5) is 36.1. The summed E-state index contributed by atoms with van der Waals surface area (Å²) >= 11 is 0. The number of nitrogens with two attached hydrogens (primary N) is 1. The van der Waals surface area contributed by atoms with Crippen molar-refractivity contribution < 1.29 is 25.1 Å². The Morgan fingerprint density at radius 1 is 0.810 bits per heavy atom. The van der Waals surface area contributed by atoms with E-state index in [9.17, 15) is 9.59 Å². The molecule has 42 heavy (non-hydrogen) atoms. The average Bonchev–Trinajstić information content (AvgIpc) is 3.33. The molecule has 212 valence electrons. The fourth-order valence-corrected chi connectivity index (χ4v) is 4.61.